The third-order valence-corrected chi connectivity index (χ3v) is 8.41. The number of ether oxygens (including phenoxy) is 2. The van der Waals surface area contributed by atoms with Gasteiger partial charge in [0.1, 0.15) is 12.4 Å². The largest absolute Gasteiger partial charge is 0.492 e. The second kappa shape index (κ2) is 8.89. The summed E-state index contributed by atoms with van der Waals surface area (Å²) in [4.78, 5) is 5.05. The summed E-state index contributed by atoms with van der Waals surface area (Å²) in [6, 6.07) is 17.2. The molecule has 2 aromatic carbocycles. The molecule has 1 fully saturated rings. The minimum Gasteiger partial charge on any atom is -0.492 e. The number of aryl methyl sites for hydroxylation is 1. The molecule has 3 aromatic heterocycles. The van der Waals surface area contributed by atoms with Gasteiger partial charge in [-0.3, -0.25) is 14.7 Å². The molecular formula is C28H27N5O2S. The molecule has 1 aliphatic heterocycles. The molecule has 0 unspecified atom stereocenters. The summed E-state index contributed by atoms with van der Waals surface area (Å²) in [7, 11) is 1.98. The van der Waals surface area contributed by atoms with Crippen LogP contribution in [0.1, 0.15) is 10.4 Å². The highest BCUT2D eigenvalue weighted by atomic mass is 32.1. The number of nitrogens with one attached hydrogen (secondary N) is 1. The Labute approximate surface area is 213 Å². The fourth-order valence-corrected chi connectivity index (χ4v) is 6.38. The minimum atomic E-state index is 0.700. The topological polar surface area (TPSA) is 68.2 Å². The highest BCUT2D eigenvalue weighted by Gasteiger charge is 2.28. The zero-order valence-corrected chi connectivity index (χ0v) is 21.0. The van der Waals surface area contributed by atoms with Gasteiger partial charge in [-0.1, -0.05) is 12.1 Å². The van der Waals surface area contributed by atoms with Crippen molar-refractivity contribution in [2.45, 2.75) is 6.42 Å². The number of fused-ring (bicyclic) bond motifs is 4. The van der Waals surface area contributed by atoms with Crippen molar-refractivity contribution in [3.63, 3.8) is 0 Å². The first-order valence-electron chi connectivity index (χ1n) is 12.4. The van der Waals surface area contributed by atoms with E-state index in [1.54, 1.807) is 0 Å². The van der Waals surface area contributed by atoms with Crippen LogP contribution in [0.25, 0.3) is 43.9 Å². The van der Waals surface area contributed by atoms with Crippen molar-refractivity contribution in [1.29, 1.82) is 0 Å². The zero-order chi connectivity index (χ0) is 24.1. The van der Waals surface area contributed by atoms with Crippen LogP contribution in [0.5, 0.6) is 5.75 Å². The van der Waals surface area contributed by atoms with Crippen molar-refractivity contribution < 1.29 is 9.47 Å². The molecule has 0 radical (unpaired) electrons. The molecule has 8 heteroatoms. The molecule has 7 nitrogen and oxygen atoms in total. The Hall–Kier alpha value is -3.46. The maximum Gasteiger partial charge on any atom is 0.119 e. The second-order valence-corrected chi connectivity index (χ2v) is 10.6. The van der Waals surface area contributed by atoms with E-state index in [0.29, 0.717) is 6.61 Å². The number of rotatable bonds is 6. The predicted octanol–water partition coefficient (Wildman–Crippen LogP) is 4.97. The van der Waals surface area contributed by atoms with E-state index in [-0.39, 0.29) is 0 Å². The number of aromatic amines is 1. The van der Waals surface area contributed by atoms with Crippen LogP contribution >= 0.6 is 11.3 Å². The van der Waals surface area contributed by atoms with Gasteiger partial charge in [-0.2, -0.15) is 10.2 Å². The minimum absolute atomic E-state index is 0.700. The van der Waals surface area contributed by atoms with Crippen LogP contribution in [0.2, 0.25) is 0 Å². The highest BCUT2D eigenvalue weighted by molar-refractivity contribution is 7.16. The molecule has 0 atom stereocenters. The van der Waals surface area contributed by atoms with E-state index >= 15 is 0 Å². The number of aromatic nitrogens is 4. The van der Waals surface area contributed by atoms with Gasteiger partial charge < -0.3 is 9.47 Å². The number of hydrogen-bond acceptors (Lipinski definition) is 6. The molecule has 182 valence electrons. The van der Waals surface area contributed by atoms with Gasteiger partial charge in [0, 0.05) is 64.9 Å². The Morgan fingerprint density at radius 2 is 1.89 bits per heavy atom. The van der Waals surface area contributed by atoms with Gasteiger partial charge in [0.05, 0.1) is 36.3 Å². The molecular weight excluding hydrogens is 470 g/mol. The molecule has 36 heavy (non-hydrogen) atoms. The first-order valence-corrected chi connectivity index (χ1v) is 13.2. The van der Waals surface area contributed by atoms with E-state index in [1.165, 1.54) is 26.4 Å². The van der Waals surface area contributed by atoms with Crippen LogP contribution < -0.4 is 4.74 Å². The molecule has 2 aliphatic rings. The zero-order valence-electron chi connectivity index (χ0n) is 20.2. The Morgan fingerprint density at radius 3 is 2.75 bits per heavy atom. The van der Waals surface area contributed by atoms with Crippen molar-refractivity contribution in [3.8, 4) is 38.7 Å². The Kier molecular flexibility index (Phi) is 5.38. The SMILES string of the molecule is Cn1ncc2ccc(-c3n[nH]c4c3Cc3sc(-c5ccc(OCCN6CCOCC6)cc5)cc3-4)cc21. The average molecular weight is 498 g/mol. The first-order chi connectivity index (χ1) is 17.7. The molecule has 5 aromatic rings. The summed E-state index contributed by atoms with van der Waals surface area (Å²) < 4.78 is 13.3. The highest BCUT2D eigenvalue weighted by Crippen LogP contribution is 2.46. The Balaban J connectivity index is 1.07. The molecule has 1 aliphatic carbocycles. The monoisotopic (exact) mass is 497 g/mol. The summed E-state index contributed by atoms with van der Waals surface area (Å²) in [5, 5.41) is 13.5. The quantitative estimate of drug-likeness (QED) is 0.352. The van der Waals surface area contributed by atoms with E-state index in [1.807, 2.05) is 29.3 Å². The second-order valence-electron chi connectivity index (χ2n) is 9.42. The molecule has 0 saturated carbocycles. The van der Waals surface area contributed by atoms with Crippen LogP contribution in [0, 0.1) is 0 Å². The standard InChI is InChI=1S/C28H27N5O2S/c1-32-24-14-19(2-3-20(24)17-29-32)27-23-16-26-22(28(23)31-30-27)15-25(36-26)18-4-6-21(7-5-18)35-13-10-33-8-11-34-12-9-33/h2-7,14-15,17H,8-13,16H2,1H3,(H,30,31). The molecule has 4 heterocycles. The third kappa shape index (κ3) is 3.82. The Bertz CT molecular complexity index is 1540. The van der Waals surface area contributed by atoms with Crippen LogP contribution in [0.3, 0.4) is 0 Å². The van der Waals surface area contributed by atoms with Gasteiger partial charge in [-0.15, -0.1) is 11.3 Å². The lowest BCUT2D eigenvalue weighted by Gasteiger charge is -2.26. The molecule has 0 bridgehead atoms. The van der Waals surface area contributed by atoms with Gasteiger partial charge in [-0.05, 0) is 42.0 Å². The lowest BCUT2D eigenvalue weighted by molar-refractivity contribution is 0.0322. The van der Waals surface area contributed by atoms with E-state index in [0.717, 1.165) is 72.9 Å². The van der Waals surface area contributed by atoms with Crippen molar-refractivity contribution in [2.75, 3.05) is 39.5 Å². The molecule has 0 amide bonds. The summed E-state index contributed by atoms with van der Waals surface area (Å²) in [6.07, 6.45) is 2.81. The number of nitrogens with zero attached hydrogens (tertiary/aromatic N) is 4. The van der Waals surface area contributed by atoms with Crippen molar-refractivity contribution in [1.82, 2.24) is 24.9 Å². The fraction of sp³-hybridized carbons (Fsp3) is 0.286. The summed E-state index contributed by atoms with van der Waals surface area (Å²) in [5.74, 6) is 0.919. The van der Waals surface area contributed by atoms with Crippen LogP contribution in [0.15, 0.2) is 54.7 Å². The van der Waals surface area contributed by atoms with E-state index in [9.17, 15) is 0 Å². The predicted molar refractivity (Wildman–Crippen MR) is 143 cm³/mol. The van der Waals surface area contributed by atoms with Gasteiger partial charge in [-0.25, -0.2) is 0 Å². The summed E-state index contributed by atoms with van der Waals surface area (Å²) in [5.41, 5.74) is 8.21. The van der Waals surface area contributed by atoms with Gasteiger partial charge >= 0.3 is 0 Å². The maximum atomic E-state index is 5.98. The van der Waals surface area contributed by atoms with Gasteiger partial charge in [0.2, 0.25) is 0 Å². The van der Waals surface area contributed by atoms with Crippen LogP contribution in [0.4, 0.5) is 0 Å². The van der Waals surface area contributed by atoms with Crippen LogP contribution in [-0.2, 0) is 18.2 Å². The van der Waals surface area contributed by atoms with Crippen molar-refractivity contribution in [3.05, 3.63) is 65.2 Å². The number of benzene rings is 2. The van der Waals surface area contributed by atoms with Gasteiger partial charge in [0.15, 0.2) is 0 Å². The average Bonchev–Trinajstić information content (AvgIpc) is 3.67. The van der Waals surface area contributed by atoms with E-state index < -0.39 is 0 Å². The number of H-pyrrole nitrogens is 1. The fourth-order valence-electron chi connectivity index (χ4n) is 5.20. The molecule has 0 spiro atoms. The number of hydrogen-bond donors (Lipinski definition) is 1. The lowest BCUT2D eigenvalue weighted by atomic mass is 10.0. The lowest BCUT2D eigenvalue weighted by Crippen LogP contribution is -2.38. The summed E-state index contributed by atoms with van der Waals surface area (Å²) in [6.45, 7) is 5.26. The smallest absolute Gasteiger partial charge is 0.119 e. The normalized spacial score (nSPS) is 15.4. The van der Waals surface area contributed by atoms with E-state index in [4.69, 9.17) is 14.6 Å². The first kappa shape index (κ1) is 21.8. The molecule has 1 saturated heterocycles. The number of thiophene rings is 1. The maximum absolute atomic E-state index is 5.98. The molecule has 1 N–H and O–H groups in total. The van der Waals surface area contributed by atoms with Crippen LogP contribution in [-0.4, -0.2) is 64.3 Å². The van der Waals surface area contributed by atoms with E-state index in [2.05, 4.69) is 63.6 Å². The molecule has 7 rings (SSSR count). The van der Waals surface area contributed by atoms with Crippen molar-refractivity contribution >= 4 is 22.2 Å². The Morgan fingerprint density at radius 1 is 1.06 bits per heavy atom. The summed E-state index contributed by atoms with van der Waals surface area (Å²) >= 11 is 1.87. The van der Waals surface area contributed by atoms with Gasteiger partial charge in [0.25, 0.3) is 0 Å². The third-order valence-electron chi connectivity index (χ3n) is 7.22. The number of morpholine rings is 1. The van der Waals surface area contributed by atoms with Crippen molar-refractivity contribution in [2.24, 2.45) is 7.05 Å².